The first-order chi connectivity index (χ1) is 9.56. The van der Waals surface area contributed by atoms with Gasteiger partial charge in [-0.15, -0.1) is 0 Å². The van der Waals surface area contributed by atoms with Gasteiger partial charge >= 0.3 is 0 Å². The summed E-state index contributed by atoms with van der Waals surface area (Å²) in [5.41, 5.74) is 2.94. The first-order valence-electron chi connectivity index (χ1n) is 7.30. The van der Waals surface area contributed by atoms with E-state index in [0.717, 1.165) is 42.8 Å². The average Bonchev–Trinajstić information content (AvgIpc) is 2.84. The van der Waals surface area contributed by atoms with Crippen LogP contribution >= 0.6 is 0 Å². The Labute approximate surface area is 119 Å². The number of hydrazone groups is 1. The highest BCUT2D eigenvalue weighted by atomic mass is 16.1. The summed E-state index contributed by atoms with van der Waals surface area (Å²) in [4.78, 5) is 12.2. The van der Waals surface area contributed by atoms with Crippen molar-refractivity contribution in [3.8, 4) is 0 Å². The number of anilines is 1. The SMILES string of the molecule is CC1=NN(c2ccc(C(=O)NC3(C)CCC3)cc2)CC1. The smallest absolute Gasteiger partial charge is 0.251 e. The molecule has 1 saturated carbocycles. The zero-order valence-electron chi connectivity index (χ0n) is 12.1. The maximum absolute atomic E-state index is 12.2. The standard InChI is InChI=1S/C16H21N3O/c1-12-8-11-19(18-12)14-6-4-13(5-7-14)15(20)17-16(2)9-3-10-16/h4-7H,3,8-11H2,1-2H3,(H,17,20). The molecule has 4 nitrogen and oxygen atoms in total. The molecule has 20 heavy (non-hydrogen) atoms. The molecule has 1 aromatic rings. The third-order valence-corrected chi connectivity index (χ3v) is 4.28. The molecule has 0 unspecified atom stereocenters. The van der Waals surface area contributed by atoms with Gasteiger partial charge in [0.05, 0.1) is 5.69 Å². The van der Waals surface area contributed by atoms with Crippen molar-refractivity contribution in [2.24, 2.45) is 5.10 Å². The molecule has 1 fully saturated rings. The molecule has 0 radical (unpaired) electrons. The largest absolute Gasteiger partial charge is 0.347 e. The number of hydrogen-bond donors (Lipinski definition) is 1. The summed E-state index contributed by atoms with van der Waals surface area (Å²) in [5.74, 6) is 0.0276. The van der Waals surface area contributed by atoms with Crippen LogP contribution in [0.25, 0.3) is 0 Å². The number of benzene rings is 1. The Morgan fingerprint density at radius 3 is 2.50 bits per heavy atom. The molecule has 1 aliphatic carbocycles. The van der Waals surface area contributed by atoms with E-state index in [-0.39, 0.29) is 11.4 Å². The van der Waals surface area contributed by atoms with Crippen LogP contribution in [0.15, 0.2) is 29.4 Å². The third-order valence-electron chi connectivity index (χ3n) is 4.28. The van der Waals surface area contributed by atoms with Gasteiger partial charge in [0.15, 0.2) is 0 Å². The number of amides is 1. The summed E-state index contributed by atoms with van der Waals surface area (Å²) in [6, 6.07) is 7.71. The fraction of sp³-hybridized carbons (Fsp3) is 0.500. The van der Waals surface area contributed by atoms with Gasteiger partial charge in [-0.3, -0.25) is 9.80 Å². The predicted molar refractivity (Wildman–Crippen MR) is 81.2 cm³/mol. The van der Waals surface area contributed by atoms with Crippen LogP contribution in [-0.4, -0.2) is 23.7 Å². The molecule has 0 aromatic heterocycles. The lowest BCUT2D eigenvalue weighted by molar-refractivity contribution is 0.0850. The molecule has 0 bridgehead atoms. The van der Waals surface area contributed by atoms with Gasteiger partial charge in [0.25, 0.3) is 5.91 Å². The van der Waals surface area contributed by atoms with Crippen LogP contribution < -0.4 is 10.3 Å². The number of nitrogens with one attached hydrogen (secondary N) is 1. The van der Waals surface area contributed by atoms with Gasteiger partial charge in [-0.25, -0.2) is 0 Å². The van der Waals surface area contributed by atoms with Crippen LogP contribution in [0.4, 0.5) is 5.69 Å². The molecular formula is C16H21N3O. The van der Waals surface area contributed by atoms with E-state index in [1.165, 1.54) is 6.42 Å². The molecular weight excluding hydrogens is 250 g/mol. The van der Waals surface area contributed by atoms with Crippen molar-refractivity contribution < 1.29 is 4.79 Å². The minimum Gasteiger partial charge on any atom is -0.347 e. The fourth-order valence-electron chi connectivity index (χ4n) is 2.72. The normalized spacial score (nSPS) is 20.3. The van der Waals surface area contributed by atoms with Crippen molar-refractivity contribution in [1.82, 2.24) is 5.32 Å². The third kappa shape index (κ3) is 2.55. The first kappa shape index (κ1) is 13.2. The fourth-order valence-corrected chi connectivity index (χ4v) is 2.72. The van der Waals surface area contributed by atoms with Crippen molar-refractivity contribution in [1.29, 1.82) is 0 Å². The van der Waals surface area contributed by atoms with Crippen molar-refractivity contribution in [2.75, 3.05) is 11.6 Å². The molecule has 0 spiro atoms. The summed E-state index contributed by atoms with van der Waals surface area (Å²) < 4.78 is 0. The molecule has 106 valence electrons. The quantitative estimate of drug-likeness (QED) is 0.918. The highest BCUT2D eigenvalue weighted by Gasteiger charge is 2.33. The lowest BCUT2D eigenvalue weighted by Gasteiger charge is -2.39. The molecule has 0 atom stereocenters. The van der Waals surface area contributed by atoms with E-state index >= 15 is 0 Å². The zero-order valence-corrected chi connectivity index (χ0v) is 12.1. The summed E-state index contributed by atoms with van der Waals surface area (Å²) >= 11 is 0. The van der Waals surface area contributed by atoms with Gasteiger partial charge in [-0.2, -0.15) is 5.10 Å². The highest BCUT2D eigenvalue weighted by Crippen LogP contribution is 2.31. The van der Waals surface area contributed by atoms with Crippen LogP contribution in [0.3, 0.4) is 0 Å². The second kappa shape index (κ2) is 4.93. The van der Waals surface area contributed by atoms with Crippen LogP contribution in [0.5, 0.6) is 0 Å². The molecule has 4 heteroatoms. The van der Waals surface area contributed by atoms with Gasteiger partial charge < -0.3 is 5.32 Å². The Bertz CT molecular complexity index is 543. The number of nitrogens with zero attached hydrogens (tertiary/aromatic N) is 2. The van der Waals surface area contributed by atoms with Crippen molar-refractivity contribution in [3.05, 3.63) is 29.8 Å². The summed E-state index contributed by atoms with van der Waals surface area (Å²) in [6.45, 7) is 5.08. The van der Waals surface area contributed by atoms with Crippen molar-refractivity contribution in [2.45, 2.75) is 45.1 Å². The summed E-state index contributed by atoms with van der Waals surface area (Å²) in [5, 5.41) is 9.58. The Morgan fingerprint density at radius 2 is 2.00 bits per heavy atom. The van der Waals surface area contributed by atoms with Crippen molar-refractivity contribution in [3.63, 3.8) is 0 Å². The first-order valence-corrected chi connectivity index (χ1v) is 7.30. The average molecular weight is 271 g/mol. The van der Waals surface area contributed by atoms with Gasteiger partial charge in [-0.05, 0) is 57.4 Å². The minimum atomic E-state index is 0.00606. The Hall–Kier alpha value is -1.84. The molecule has 1 heterocycles. The van der Waals surface area contributed by atoms with Crippen LogP contribution in [0.2, 0.25) is 0 Å². The lowest BCUT2D eigenvalue weighted by Crippen LogP contribution is -2.50. The van der Waals surface area contributed by atoms with Gasteiger partial charge in [0.2, 0.25) is 0 Å². The Morgan fingerprint density at radius 1 is 1.30 bits per heavy atom. The Kier molecular flexibility index (Phi) is 3.24. The molecule has 0 saturated heterocycles. The van der Waals surface area contributed by atoms with E-state index in [1.807, 2.05) is 36.2 Å². The predicted octanol–water partition coefficient (Wildman–Crippen LogP) is 2.95. The number of rotatable bonds is 3. The van der Waals surface area contributed by atoms with Gasteiger partial charge in [0, 0.05) is 29.8 Å². The van der Waals surface area contributed by atoms with Gasteiger partial charge in [0.1, 0.15) is 0 Å². The maximum Gasteiger partial charge on any atom is 0.251 e. The minimum absolute atomic E-state index is 0.00606. The molecule has 1 amide bonds. The van der Waals surface area contributed by atoms with E-state index in [9.17, 15) is 4.79 Å². The number of carbonyl (C=O) groups excluding carboxylic acids is 1. The van der Waals surface area contributed by atoms with Crippen molar-refractivity contribution >= 4 is 17.3 Å². The summed E-state index contributed by atoms with van der Waals surface area (Å²) in [6.07, 6.45) is 4.39. The van der Waals surface area contributed by atoms with E-state index in [1.54, 1.807) is 0 Å². The molecule has 1 N–H and O–H groups in total. The van der Waals surface area contributed by atoms with E-state index in [4.69, 9.17) is 0 Å². The zero-order chi connectivity index (χ0) is 14.2. The van der Waals surface area contributed by atoms with E-state index in [0.29, 0.717) is 0 Å². The van der Waals surface area contributed by atoms with Crippen LogP contribution in [0, 0.1) is 0 Å². The molecule has 1 aliphatic heterocycles. The van der Waals surface area contributed by atoms with Gasteiger partial charge in [-0.1, -0.05) is 0 Å². The maximum atomic E-state index is 12.2. The van der Waals surface area contributed by atoms with Crippen LogP contribution in [0.1, 0.15) is 49.9 Å². The molecule has 2 aliphatic rings. The second-order valence-electron chi connectivity index (χ2n) is 6.12. The topological polar surface area (TPSA) is 44.7 Å². The number of hydrogen-bond acceptors (Lipinski definition) is 3. The monoisotopic (exact) mass is 271 g/mol. The second-order valence-corrected chi connectivity index (χ2v) is 6.12. The van der Waals surface area contributed by atoms with E-state index < -0.39 is 0 Å². The molecule has 3 rings (SSSR count). The highest BCUT2D eigenvalue weighted by molar-refractivity contribution is 5.95. The van der Waals surface area contributed by atoms with Crippen LogP contribution in [-0.2, 0) is 0 Å². The Balaban J connectivity index is 1.68. The lowest BCUT2D eigenvalue weighted by atomic mass is 9.78. The van der Waals surface area contributed by atoms with E-state index in [2.05, 4.69) is 17.3 Å². The molecule has 1 aromatic carbocycles. The number of carbonyl (C=O) groups is 1. The summed E-state index contributed by atoms with van der Waals surface area (Å²) in [7, 11) is 0.